The fourth-order valence-corrected chi connectivity index (χ4v) is 9.87. The zero-order valence-electron chi connectivity index (χ0n) is 28.4. The molecule has 6 nitrogen and oxygen atoms in total. The van der Waals surface area contributed by atoms with Crippen LogP contribution >= 0.6 is 11.9 Å². The van der Waals surface area contributed by atoms with Gasteiger partial charge in [0.05, 0.1) is 12.2 Å². The Bertz CT molecular complexity index is 1230. The van der Waals surface area contributed by atoms with Crippen molar-refractivity contribution in [3.05, 3.63) is 70.8 Å². The van der Waals surface area contributed by atoms with Gasteiger partial charge in [-0.25, -0.2) is 4.72 Å². The second-order valence-corrected chi connectivity index (χ2v) is 17.2. The van der Waals surface area contributed by atoms with Crippen LogP contribution in [0.3, 0.4) is 0 Å². The smallest absolute Gasteiger partial charge is 0.123 e. The van der Waals surface area contributed by atoms with Gasteiger partial charge >= 0.3 is 0 Å². The number of aryl methyl sites for hydroxylation is 2. The maximum absolute atomic E-state index is 11.4. The highest BCUT2D eigenvalue weighted by Crippen LogP contribution is 2.42. The van der Waals surface area contributed by atoms with Gasteiger partial charge in [0, 0.05) is 43.3 Å². The topological polar surface area (TPSA) is 68.8 Å². The van der Waals surface area contributed by atoms with Crippen LogP contribution in [-0.4, -0.2) is 59.1 Å². The molecule has 0 amide bonds. The standard InChI is InChI=1S/C38H58N4O2S/c1-26-11-9-12-27(2)35(26)33-18-34-40-36(39-33)41-45-32-16-10-15-29(17-32)23-42(31(25-44-34)22-37(3,4)5)24-30-20-38(43,21-30)19-28-13-7-6-8-14-28/h6-9,11-14,29-34,36,39-41,43H,10,15-25H2,1-5H3/t29?,30?,31-,32?,33?,34?,36?,38?/m1/s1. The van der Waals surface area contributed by atoms with Gasteiger partial charge in [-0.15, -0.1) is 0 Å². The number of fused-ring (bicyclic) bond motifs is 4. The summed E-state index contributed by atoms with van der Waals surface area (Å²) in [7, 11) is 0. The van der Waals surface area contributed by atoms with Crippen molar-refractivity contribution in [2.24, 2.45) is 17.3 Å². The highest BCUT2D eigenvalue weighted by Gasteiger charge is 2.44. The molecule has 5 unspecified atom stereocenters. The molecule has 2 aliphatic carbocycles. The summed E-state index contributed by atoms with van der Waals surface area (Å²) in [5.41, 5.74) is 4.97. The van der Waals surface area contributed by atoms with E-state index in [4.69, 9.17) is 4.74 Å². The van der Waals surface area contributed by atoms with E-state index in [1.54, 1.807) is 0 Å². The van der Waals surface area contributed by atoms with Crippen molar-refractivity contribution < 1.29 is 9.84 Å². The summed E-state index contributed by atoms with van der Waals surface area (Å²) in [6, 6.07) is 17.7. The Labute approximate surface area is 277 Å². The summed E-state index contributed by atoms with van der Waals surface area (Å²) >= 11 is 1.93. The molecule has 248 valence electrons. The minimum Gasteiger partial charge on any atom is -0.390 e. The van der Waals surface area contributed by atoms with Crippen LogP contribution in [0.1, 0.15) is 100 Å². The first-order valence-electron chi connectivity index (χ1n) is 17.6. The first-order valence-corrected chi connectivity index (χ1v) is 18.5. The monoisotopic (exact) mass is 634 g/mol. The Morgan fingerprint density at radius 2 is 1.73 bits per heavy atom. The number of benzene rings is 2. The number of nitrogens with zero attached hydrogens (tertiary/aromatic N) is 1. The zero-order valence-corrected chi connectivity index (χ0v) is 29.2. The Morgan fingerprint density at radius 3 is 2.47 bits per heavy atom. The molecule has 4 fully saturated rings. The minimum absolute atomic E-state index is 0.00618. The van der Waals surface area contributed by atoms with E-state index in [1.807, 2.05) is 11.9 Å². The van der Waals surface area contributed by atoms with Crippen LogP contribution in [-0.2, 0) is 11.2 Å². The van der Waals surface area contributed by atoms with Gasteiger partial charge in [0.2, 0.25) is 0 Å². The summed E-state index contributed by atoms with van der Waals surface area (Å²) < 4.78 is 10.7. The fraction of sp³-hybridized carbons (Fsp3) is 0.684. The SMILES string of the molecule is Cc1cccc(C)c1C1CC2NC(NSC3CCCC(C3)CN(CC3CC(O)(Cc4ccccc4)C3)[C@H](CC(C)(C)C)CO2)N1. The van der Waals surface area contributed by atoms with Crippen LogP contribution in [0.15, 0.2) is 48.5 Å². The minimum atomic E-state index is -0.568. The zero-order chi connectivity index (χ0) is 31.6. The molecule has 2 aromatic rings. The number of hydrogen-bond acceptors (Lipinski definition) is 7. The van der Waals surface area contributed by atoms with Crippen LogP contribution in [0.25, 0.3) is 0 Å². The van der Waals surface area contributed by atoms with Crippen molar-refractivity contribution in [1.82, 2.24) is 20.3 Å². The molecule has 0 radical (unpaired) electrons. The van der Waals surface area contributed by atoms with E-state index in [1.165, 1.54) is 47.9 Å². The van der Waals surface area contributed by atoms with E-state index in [2.05, 4.69) is 103 Å². The van der Waals surface area contributed by atoms with Crippen molar-refractivity contribution in [2.75, 3.05) is 19.7 Å². The quantitative estimate of drug-likeness (QED) is 0.259. The van der Waals surface area contributed by atoms with Crippen LogP contribution in [0, 0.1) is 31.1 Å². The summed E-state index contributed by atoms with van der Waals surface area (Å²) in [5.74, 6) is 1.23. The molecular weight excluding hydrogens is 577 g/mol. The molecule has 4 bridgehead atoms. The molecular formula is C38H58N4O2S. The molecule has 2 saturated heterocycles. The number of nitrogens with one attached hydrogen (secondary N) is 3. The molecule has 2 aliphatic heterocycles. The third-order valence-electron chi connectivity index (χ3n) is 10.7. The van der Waals surface area contributed by atoms with E-state index in [0.29, 0.717) is 23.1 Å². The fourth-order valence-electron chi connectivity index (χ4n) is 8.75. The predicted molar refractivity (Wildman–Crippen MR) is 187 cm³/mol. The molecule has 0 spiro atoms. The average Bonchev–Trinajstić information content (AvgIpc) is 2.97. The van der Waals surface area contributed by atoms with Crippen molar-refractivity contribution in [3.8, 4) is 0 Å². The van der Waals surface area contributed by atoms with Crippen molar-refractivity contribution in [1.29, 1.82) is 0 Å². The molecule has 6 rings (SSSR count). The van der Waals surface area contributed by atoms with Crippen LogP contribution in [0.4, 0.5) is 0 Å². The van der Waals surface area contributed by atoms with Crippen molar-refractivity contribution >= 4 is 11.9 Å². The van der Waals surface area contributed by atoms with Gasteiger partial charge in [-0.05, 0) is 91.9 Å². The van der Waals surface area contributed by atoms with E-state index in [-0.39, 0.29) is 24.0 Å². The van der Waals surface area contributed by atoms with E-state index >= 15 is 0 Å². The molecule has 4 aliphatic rings. The van der Waals surface area contributed by atoms with Gasteiger partial charge in [0.1, 0.15) is 12.5 Å². The predicted octanol–water partition coefficient (Wildman–Crippen LogP) is 6.85. The largest absolute Gasteiger partial charge is 0.390 e. The number of ether oxygens (including phenoxy) is 1. The molecule has 2 saturated carbocycles. The van der Waals surface area contributed by atoms with Gasteiger partial charge in [-0.1, -0.05) is 87.7 Å². The van der Waals surface area contributed by atoms with Gasteiger partial charge < -0.3 is 9.84 Å². The summed E-state index contributed by atoms with van der Waals surface area (Å²) in [5, 5.41) is 19.7. The highest BCUT2D eigenvalue weighted by molar-refractivity contribution is 7.98. The van der Waals surface area contributed by atoms with Gasteiger partial charge in [0.25, 0.3) is 0 Å². The lowest BCUT2D eigenvalue weighted by atomic mass is 9.67. The van der Waals surface area contributed by atoms with E-state index < -0.39 is 5.60 Å². The lowest BCUT2D eigenvalue weighted by molar-refractivity contribution is -0.0942. The van der Waals surface area contributed by atoms with Gasteiger partial charge in [-0.2, -0.15) is 0 Å². The van der Waals surface area contributed by atoms with E-state index in [0.717, 1.165) is 51.8 Å². The maximum atomic E-state index is 11.4. The van der Waals surface area contributed by atoms with Crippen molar-refractivity contribution in [2.45, 2.75) is 128 Å². The molecule has 7 heteroatoms. The highest BCUT2D eigenvalue weighted by atomic mass is 32.2. The molecule has 2 aromatic carbocycles. The Kier molecular flexibility index (Phi) is 10.7. The summed E-state index contributed by atoms with van der Waals surface area (Å²) in [6.45, 7) is 14.5. The first-order chi connectivity index (χ1) is 21.5. The third-order valence-corrected chi connectivity index (χ3v) is 11.8. The van der Waals surface area contributed by atoms with E-state index in [9.17, 15) is 5.11 Å². The third kappa shape index (κ3) is 8.92. The molecule has 6 atom stereocenters. The maximum Gasteiger partial charge on any atom is 0.123 e. The second kappa shape index (κ2) is 14.3. The lowest BCUT2D eigenvalue weighted by Crippen LogP contribution is -2.61. The molecule has 2 heterocycles. The average molecular weight is 635 g/mol. The van der Waals surface area contributed by atoms with Crippen LogP contribution in [0.2, 0.25) is 0 Å². The summed E-state index contributed by atoms with van der Waals surface area (Å²) in [6.07, 6.45) is 9.67. The Morgan fingerprint density at radius 1 is 0.978 bits per heavy atom. The van der Waals surface area contributed by atoms with Gasteiger partial charge in [-0.3, -0.25) is 15.5 Å². The number of aliphatic hydroxyl groups is 1. The van der Waals surface area contributed by atoms with Crippen LogP contribution in [0.5, 0.6) is 0 Å². The number of hydrogen-bond donors (Lipinski definition) is 4. The molecule has 0 aromatic heterocycles. The molecule has 45 heavy (non-hydrogen) atoms. The van der Waals surface area contributed by atoms with Crippen molar-refractivity contribution in [3.63, 3.8) is 0 Å². The number of rotatable bonds is 6. The first kappa shape index (κ1) is 33.5. The Balaban J connectivity index is 1.21. The normalized spacial score (nSPS) is 35.0. The lowest BCUT2D eigenvalue weighted by Gasteiger charge is -2.48. The molecule has 4 N–H and O–H groups in total. The second-order valence-electron chi connectivity index (χ2n) is 16.1. The summed E-state index contributed by atoms with van der Waals surface area (Å²) in [4.78, 5) is 2.81. The van der Waals surface area contributed by atoms with Crippen LogP contribution < -0.4 is 15.4 Å². The van der Waals surface area contributed by atoms with Gasteiger partial charge in [0.15, 0.2) is 0 Å². The Hall–Kier alpha value is -1.45.